The summed E-state index contributed by atoms with van der Waals surface area (Å²) in [7, 11) is 0. The quantitative estimate of drug-likeness (QED) is 0.656. The Morgan fingerprint density at radius 3 is 2.48 bits per heavy atom. The molecule has 2 aromatic rings. The Bertz CT molecular complexity index is 871. The van der Waals surface area contributed by atoms with E-state index in [4.69, 9.17) is 5.73 Å². The van der Waals surface area contributed by atoms with E-state index in [0.29, 0.717) is 17.9 Å². The summed E-state index contributed by atoms with van der Waals surface area (Å²) >= 11 is 0. The van der Waals surface area contributed by atoms with Gasteiger partial charge in [0.25, 0.3) is 0 Å². The lowest BCUT2D eigenvalue weighted by molar-refractivity contribution is -0.120. The van der Waals surface area contributed by atoms with Crippen LogP contribution in [-0.4, -0.2) is 41.0 Å². The molecule has 2 aliphatic rings. The number of nitrogens with zero attached hydrogens (tertiary/aromatic N) is 3. The molecule has 5 nitrogen and oxygen atoms in total. The normalized spacial score (nSPS) is 24.3. The van der Waals surface area contributed by atoms with Crippen LogP contribution in [-0.2, 0) is 11.2 Å². The standard InChI is InChI=1S/C26H36N4O/c1-19-9-8-10-20(2)29(19)15-6-3-7-16-30-24-12-5-4-11-21(24)17-23(26(30)31)22-13-14-25(27)28-18-22/h4-5,11-14,18-20,23H,3,6-10,15-17H2,1-2H3,(H2,27,28)/t19-,20+,23?. The summed E-state index contributed by atoms with van der Waals surface area (Å²) in [6, 6.07) is 13.5. The highest BCUT2D eigenvalue weighted by Crippen LogP contribution is 2.35. The number of hydrogen-bond donors (Lipinski definition) is 1. The number of para-hydroxylation sites is 1. The number of fused-ring (bicyclic) bond motifs is 1. The van der Waals surface area contributed by atoms with Gasteiger partial charge in [-0.25, -0.2) is 4.98 Å². The minimum atomic E-state index is -0.182. The summed E-state index contributed by atoms with van der Waals surface area (Å²) in [6.07, 6.45) is 9.87. The molecule has 1 amide bonds. The number of aromatic nitrogens is 1. The Labute approximate surface area is 186 Å². The molecule has 0 radical (unpaired) electrons. The van der Waals surface area contributed by atoms with Gasteiger partial charge in [-0.05, 0) is 75.8 Å². The average Bonchev–Trinajstić information content (AvgIpc) is 2.77. The van der Waals surface area contributed by atoms with Gasteiger partial charge in [-0.15, -0.1) is 0 Å². The van der Waals surface area contributed by atoms with Gasteiger partial charge in [0.05, 0.1) is 5.92 Å². The number of nitrogen functional groups attached to an aromatic ring is 1. The van der Waals surface area contributed by atoms with Gasteiger partial charge < -0.3 is 10.6 Å². The van der Waals surface area contributed by atoms with Crippen molar-refractivity contribution in [3.05, 3.63) is 53.7 Å². The molecule has 5 heteroatoms. The van der Waals surface area contributed by atoms with Gasteiger partial charge in [0.15, 0.2) is 0 Å². The van der Waals surface area contributed by atoms with Gasteiger partial charge in [-0.2, -0.15) is 0 Å². The van der Waals surface area contributed by atoms with Gasteiger partial charge >= 0.3 is 0 Å². The molecule has 0 aliphatic carbocycles. The number of benzene rings is 1. The fourth-order valence-corrected chi connectivity index (χ4v) is 5.33. The Morgan fingerprint density at radius 1 is 1.00 bits per heavy atom. The fourth-order valence-electron chi connectivity index (χ4n) is 5.33. The zero-order chi connectivity index (χ0) is 21.8. The largest absolute Gasteiger partial charge is 0.384 e. The lowest BCUT2D eigenvalue weighted by Crippen LogP contribution is -2.44. The maximum atomic E-state index is 13.4. The molecule has 1 aromatic carbocycles. The van der Waals surface area contributed by atoms with Crippen LogP contribution in [0.4, 0.5) is 11.5 Å². The molecule has 0 bridgehead atoms. The molecule has 1 saturated heterocycles. The molecular weight excluding hydrogens is 384 g/mol. The van der Waals surface area contributed by atoms with Crippen LogP contribution in [0.1, 0.15) is 69.4 Å². The predicted molar refractivity (Wildman–Crippen MR) is 127 cm³/mol. The Kier molecular flexibility index (Phi) is 6.91. The van der Waals surface area contributed by atoms with Crippen LogP contribution in [0.5, 0.6) is 0 Å². The molecule has 2 N–H and O–H groups in total. The van der Waals surface area contributed by atoms with Crippen LogP contribution in [0.2, 0.25) is 0 Å². The van der Waals surface area contributed by atoms with Crippen molar-refractivity contribution in [3.8, 4) is 0 Å². The van der Waals surface area contributed by atoms with E-state index >= 15 is 0 Å². The van der Waals surface area contributed by atoms with E-state index in [1.807, 2.05) is 17.0 Å². The monoisotopic (exact) mass is 420 g/mol. The third-order valence-electron chi connectivity index (χ3n) is 7.16. The smallest absolute Gasteiger partial charge is 0.234 e. The van der Waals surface area contributed by atoms with Crippen LogP contribution in [0.15, 0.2) is 42.6 Å². The van der Waals surface area contributed by atoms with Crippen molar-refractivity contribution in [2.24, 2.45) is 0 Å². The number of hydrogen-bond acceptors (Lipinski definition) is 4. The fraction of sp³-hybridized carbons (Fsp3) is 0.538. The van der Waals surface area contributed by atoms with Gasteiger partial charge in [0.2, 0.25) is 5.91 Å². The maximum Gasteiger partial charge on any atom is 0.234 e. The number of piperidine rings is 1. The van der Waals surface area contributed by atoms with Crippen LogP contribution in [0.25, 0.3) is 0 Å². The summed E-state index contributed by atoms with van der Waals surface area (Å²) < 4.78 is 0. The van der Waals surface area contributed by atoms with Crippen molar-refractivity contribution < 1.29 is 4.79 Å². The highest BCUT2D eigenvalue weighted by Gasteiger charge is 2.33. The van der Waals surface area contributed by atoms with Crippen molar-refractivity contribution in [2.75, 3.05) is 23.7 Å². The molecule has 31 heavy (non-hydrogen) atoms. The Balaban J connectivity index is 1.38. The minimum Gasteiger partial charge on any atom is -0.384 e. The molecular formula is C26H36N4O. The number of rotatable bonds is 7. The Hall–Kier alpha value is -2.40. The summed E-state index contributed by atoms with van der Waals surface area (Å²) in [5.41, 5.74) is 9.01. The van der Waals surface area contributed by atoms with E-state index in [1.165, 1.54) is 37.8 Å². The van der Waals surface area contributed by atoms with Crippen LogP contribution in [0.3, 0.4) is 0 Å². The van der Waals surface area contributed by atoms with Crippen molar-refractivity contribution >= 4 is 17.4 Å². The first-order valence-corrected chi connectivity index (χ1v) is 11.9. The highest BCUT2D eigenvalue weighted by atomic mass is 16.2. The van der Waals surface area contributed by atoms with Crippen LogP contribution < -0.4 is 10.6 Å². The number of carbonyl (C=O) groups excluding carboxylic acids is 1. The van der Waals surface area contributed by atoms with E-state index in [1.54, 1.807) is 12.3 Å². The average molecular weight is 421 g/mol. The number of likely N-dealkylation sites (tertiary alicyclic amines) is 1. The summed E-state index contributed by atoms with van der Waals surface area (Å²) in [5.74, 6) is 0.489. The molecule has 166 valence electrons. The number of amides is 1. The van der Waals surface area contributed by atoms with E-state index < -0.39 is 0 Å². The lowest BCUT2D eigenvalue weighted by Gasteiger charge is -2.39. The first kappa shape index (κ1) is 21.8. The molecule has 2 aliphatic heterocycles. The first-order chi connectivity index (χ1) is 15.0. The molecule has 3 atom stereocenters. The molecule has 0 spiro atoms. The van der Waals surface area contributed by atoms with Crippen LogP contribution >= 0.6 is 0 Å². The summed E-state index contributed by atoms with van der Waals surface area (Å²) in [5, 5.41) is 0. The third-order valence-corrected chi connectivity index (χ3v) is 7.16. The van der Waals surface area contributed by atoms with Crippen molar-refractivity contribution in [1.29, 1.82) is 0 Å². The van der Waals surface area contributed by atoms with Crippen molar-refractivity contribution in [1.82, 2.24) is 9.88 Å². The second-order valence-electron chi connectivity index (χ2n) is 9.32. The zero-order valence-corrected chi connectivity index (χ0v) is 19.0. The van der Waals surface area contributed by atoms with Crippen molar-refractivity contribution in [3.63, 3.8) is 0 Å². The van der Waals surface area contributed by atoms with Gasteiger partial charge in [0, 0.05) is 30.5 Å². The number of nitrogens with two attached hydrogens (primary N) is 1. The zero-order valence-electron chi connectivity index (χ0n) is 19.0. The van der Waals surface area contributed by atoms with Crippen molar-refractivity contribution in [2.45, 2.75) is 76.8 Å². The molecule has 0 saturated carbocycles. The topological polar surface area (TPSA) is 62.5 Å². The van der Waals surface area contributed by atoms with E-state index in [0.717, 1.165) is 37.1 Å². The number of pyridine rings is 1. The predicted octanol–water partition coefficient (Wildman–Crippen LogP) is 4.77. The lowest BCUT2D eigenvalue weighted by atomic mass is 9.87. The molecule has 3 heterocycles. The number of unbranched alkanes of at least 4 members (excludes halogenated alkanes) is 2. The second kappa shape index (κ2) is 9.82. The van der Waals surface area contributed by atoms with E-state index in [-0.39, 0.29) is 11.8 Å². The maximum absolute atomic E-state index is 13.4. The highest BCUT2D eigenvalue weighted by molar-refractivity contribution is 6.01. The molecule has 1 aromatic heterocycles. The van der Waals surface area contributed by atoms with Gasteiger partial charge in [0.1, 0.15) is 5.82 Å². The number of carbonyl (C=O) groups is 1. The summed E-state index contributed by atoms with van der Waals surface area (Å²) in [6.45, 7) is 6.68. The van der Waals surface area contributed by atoms with Crippen LogP contribution in [0, 0.1) is 0 Å². The molecule has 1 fully saturated rings. The molecule has 4 rings (SSSR count). The van der Waals surface area contributed by atoms with E-state index in [2.05, 4.69) is 41.9 Å². The second-order valence-corrected chi connectivity index (χ2v) is 9.32. The summed E-state index contributed by atoms with van der Waals surface area (Å²) in [4.78, 5) is 22.3. The van der Waals surface area contributed by atoms with Gasteiger partial charge in [-0.1, -0.05) is 37.1 Å². The Morgan fingerprint density at radius 2 is 1.74 bits per heavy atom. The SMILES string of the molecule is C[C@@H]1CCC[C@H](C)N1CCCCCN1C(=O)C(c2ccc(N)nc2)Cc2ccccc21. The third kappa shape index (κ3) is 4.93. The number of anilines is 2. The van der Waals surface area contributed by atoms with Gasteiger partial charge in [-0.3, -0.25) is 9.69 Å². The molecule has 1 unspecified atom stereocenters. The first-order valence-electron chi connectivity index (χ1n) is 11.9. The minimum absolute atomic E-state index is 0.182. The van der Waals surface area contributed by atoms with E-state index in [9.17, 15) is 4.79 Å².